The number of aryl methyl sites for hydroxylation is 1. The molecule has 2 N–H and O–H groups in total. The first-order valence-electron chi connectivity index (χ1n) is 6.33. The lowest BCUT2D eigenvalue weighted by atomic mass is 10.1. The van der Waals surface area contributed by atoms with Crippen LogP contribution in [0.1, 0.15) is 36.2 Å². The zero-order chi connectivity index (χ0) is 14.4. The molecule has 1 aromatic carbocycles. The molecule has 0 saturated heterocycles. The van der Waals surface area contributed by atoms with Crippen molar-refractivity contribution in [3.05, 3.63) is 29.3 Å². The topological polar surface area (TPSA) is 58.2 Å². The van der Waals surface area contributed by atoms with Gasteiger partial charge in [0.1, 0.15) is 0 Å². The number of amides is 2. The number of carbonyl (C=O) groups is 2. The van der Waals surface area contributed by atoms with Gasteiger partial charge in [-0.05, 0) is 44.0 Å². The maximum atomic E-state index is 11.8. The molecular weight excluding hydrogens is 308 g/mol. The van der Waals surface area contributed by atoms with Crippen LogP contribution in [0.2, 0.25) is 0 Å². The lowest BCUT2D eigenvalue weighted by molar-refractivity contribution is -0.115. The monoisotopic (exact) mass is 326 g/mol. The fourth-order valence-electron chi connectivity index (χ4n) is 1.60. The van der Waals surface area contributed by atoms with Crippen molar-refractivity contribution in [3.63, 3.8) is 0 Å². The summed E-state index contributed by atoms with van der Waals surface area (Å²) in [5, 5.41) is 5.58. The van der Waals surface area contributed by atoms with Gasteiger partial charge in [-0.25, -0.2) is 0 Å². The smallest absolute Gasteiger partial charge is 0.251 e. The second-order valence-corrected chi connectivity index (χ2v) is 5.36. The maximum absolute atomic E-state index is 11.8. The standard InChI is InChI=1S/C14H19BrN2O2/c1-4-11(15)14(19)17-12-7-6-10(8-9(12)3)13(18)16-5-2/h6-8,11H,4-5H2,1-3H3,(H,16,18)(H,17,19). The molecule has 1 aromatic rings. The fraction of sp³-hybridized carbons (Fsp3) is 0.429. The van der Waals surface area contributed by atoms with Crippen LogP contribution in [0.3, 0.4) is 0 Å². The number of rotatable bonds is 5. The summed E-state index contributed by atoms with van der Waals surface area (Å²) in [5.41, 5.74) is 2.20. The Morgan fingerprint density at radius 1 is 1.32 bits per heavy atom. The Bertz CT molecular complexity index is 475. The van der Waals surface area contributed by atoms with E-state index in [4.69, 9.17) is 0 Å². The van der Waals surface area contributed by atoms with E-state index in [0.29, 0.717) is 12.1 Å². The summed E-state index contributed by atoms with van der Waals surface area (Å²) in [6.45, 7) is 6.27. The summed E-state index contributed by atoms with van der Waals surface area (Å²) in [6, 6.07) is 5.24. The van der Waals surface area contributed by atoms with Crippen LogP contribution in [0.25, 0.3) is 0 Å². The fourth-order valence-corrected chi connectivity index (χ4v) is 1.72. The molecule has 104 valence electrons. The number of hydrogen-bond acceptors (Lipinski definition) is 2. The molecule has 0 aliphatic carbocycles. The maximum Gasteiger partial charge on any atom is 0.251 e. The third kappa shape index (κ3) is 4.35. The molecule has 0 aliphatic rings. The van der Waals surface area contributed by atoms with Gasteiger partial charge in [0.15, 0.2) is 0 Å². The highest BCUT2D eigenvalue weighted by molar-refractivity contribution is 9.10. The Balaban J connectivity index is 2.83. The minimum absolute atomic E-state index is 0.0728. The Morgan fingerprint density at radius 3 is 2.53 bits per heavy atom. The van der Waals surface area contributed by atoms with Gasteiger partial charge < -0.3 is 10.6 Å². The van der Waals surface area contributed by atoms with Crippen molar-refractivity contribution in [1.82, 2.24) is 5.32 Å². The molecular formula is C14H19BrN2O2. The highest BCUT2D eigenvalue weighted by Gasteiger charge is 2.14. The molecule has 0 heterocycles. The van der Waals surface area contributed by atoms with Crippen LogP contribution in [0, 0.1) is 6.92 Å². The molecule has 0 spiro atoms. The zero-order valence-electron chi connectivity index (χ0n) is 11.4. The number of hydrogen-bond donors (Lipinski definition) is 2. The highest BCUT2D eigenvalue weighted by atomic mass is 79.9. The van der Waals surface area contributed by atoms with Crippen molar-refractivity contribution in [1.29, 1.82) is 0 Å². The molecule has 0 aliphatic heterocycles. The lowest BCUT2D eigenvalue weighted by Crippen LogP contribution is -2.24. The van der Waals surface area contributed by atoms with Gasteiger partial charge in [0.05, 0.1) is 4.83 Å². The minimum atomic E-state index is -0.199. The third-order valence-corrected chi connectivity index (χ3v) is 3.79. The van der Waals surface area contributed by atoms with Crippen LogP contribution in [0.15, 0.2) is 18.2 Å². The van der Waals surface area contributed by atoms with Gasteiger partial charge >= 0.3 is 0 Å². The molecule has 19 heavy (non-hydrogen) atoms. The summed E-state index contributed by atoms with van der Waals surface area (Å²) in [7, 11) is 0. The number of carbonyl (C=O) groups excluding carboxylic acids is 2. The van der Waals surface area contributed by atoms with E-state index < -0.39 is 0 Å². The predicted octanol–water partition coefficient (Wildman–Crippen LogP) is 2.86. The molecule has 1 unspecified atom stereocenters. The van der Waals surface area contributed by atoms with Crippen LogP contribution in [0.4, 0.5) is 5.69 Å². The summed E-state index contributed by atoms with van der Waals surface area (Å²) in [4.78, 5) is 23.3. The summed E-state index contributed by atoms with van der Waals surface area (Å²) >= 11 is 3.31. The Morgan fingerprint density at radius 2 is 2.00 bits per heavy atom. The molecule has 0 saturated carbocycles. The van der Waals surface area contributed by atoms with E-state index in [9.17, 15) is 9.59 Å². The van der Waals surface area contributed by atoms with Crippen LogP contribution < -0.4 is 10.6 Å². The summed E-state index contributed by atoms with van der Waals surface area (Å²) < 4.78 is 0. The van der Waals surface area contributed by atoms with E-state index in [0.717, 1.165) is 17.7 Å². The molecule has 0 bridgehead atoms. The molecule has 1 atom stereocenters. The van der Waals surface area contributed by atoms with Crippen LogP contribution in [0.5, 0.6) is 0 Å². The van der Waals surface area contributed by atoms with Gasteiger partial charge in [-0.3, -0.25) is 9.59 Å². The van der Waals surface area contributed by atoms with Crippen LogP contribution >= 0.6 is 15.9 Å². The highest BCUT2D eigenvalue weighted by Crippen LogP contribution is 2.18. The molecule has 5 heteroatoms. The first-order chi connectivity index (χ1) is 8.99. The normalized spacial score (nSPS) is 11.8. The molecule has 0 fully saturated rings. The van der Waals surface area contributed by atoms with Crippen molar-refractivity contribution < 1.29 is 9.59 Å². The molecule has 1 rings (SSSR count). The van der Waals surface area contributed by atoms with Crippen molar-refractivity contribution >= 4 is 33.4 Å². The lowest BCUT2D eigenvalue weighted by Gasteiger charge is -2.12. The quantitative estimate of drug-likeness (QED) is 0.817. The van der Waals surface area contributed by atoms with Crippen molar-refractivity contribution in [2.24, 2.45) is 0 Å². The number of halogens is 1. The summed E-state index contributed by atoms with van der Waals surface area (Å²) in [5.74, 6) is -0.174. The first kappa shape index (κ1) is 15.7. The Hall–Kier alpha value is -1.36. The van der Waals surface area contributed by atoms with Crippen LogP contribution in [-0.2, 0) is 4.79 Å². The van der Waals surface area contributed by atoms with Crippen molar-refractivity contribution in [2.45, 2.75) is 32.0 Å². The zero-order valence-corrected chi connectivity index (χ0v) is 13.0. The van der Waals surface area contributed by atoms with Gasteiger partial charge in [0.2, 0.25) is 5.91 Å². The second kappa shape index (κ2) is 7.28. The van der Waals surface area contributed by atoms with Gasteiger partial charge in [0, 0.05) is 17.8 Å². The van der Waals surface area contributed by atoms with E-state index in [-0.39, 0.29) is 16.6 Å². The number of nitrogens with one attached hydrogen (secondary N) is 2. The van der Waals surface area contributed by atoms with E-state index in [2.05, 4.69) is 26.6 Å². The predicted molar refractivity (Wildman–Crippen MR) is 80.8 cm³/mol. The Kier molecular flexibility index (Phi) is 6.02. The van der Waals surface area contributed by atoms with Gasteiger partial charge in [-0.15, -0.1) is 0 Å². The van der Waals surface area contributed by atoms with E-state index in [1.807, 2.05) is 20.8 Å². The number of benzene rings is 1. The third-order valence-electron chi connectivity index (χ3n) is 2.73. The van der Waals surface area contributed by atoms with E-state index in [1.54, 1.807) is 18.2 Å². The Labute approximate surface area is 122 Å². The van der Waals surface area contributed by atoms with Gasteiger partial charge in [-0.2, -0.15) is 0 Å². The molecule has 0 radical (unpaired) electrons. The number of anilines is 1. The van der Waals surface area contributed by atoms with Gasteiger partial charge in [0.25, 0.3) is 5.91 Å². The SMILES string of the molecule is CCNC(=O)c1ccc(NC(=O)C(Br)CC)c(C)c1. The van der Waals surface area contributed by atoms with Gasteiger partial charge in [-0.1, -0.05) is 22.9 Å². The molecule has 0 aromatic heterocycles. The average molecular weight is 327 g/mol. The molecule has 4 nitrogen and oxygen atoms in total. The van der Waals surface area contributed by atoms with Crippen LogP contribution in [-0.4, -0.2) is 23.2 Å². The largest absolute Gasteiger partial charge is 0.352 e. The van der Waals surface area contributed by atoms with Crippen molar-refractivity contribution in [2.75, 3.05) is 11.9 Å². The summed E-state index contributed by atoms with van der Waals surface area (Å²) in [6.07, 6.45) is 0.724. The van der Waals surface area contributed by atoms with Crippen molar-refractivity contribution in [3.8, 4) is 0 Å². The van der Waals surface area contributed by atoms with E-state index in [1.165, 1.54) is 0 Å². The first-order valence-corrected chi connectivity index (χ1v) is 7.24. The average Bonchev–Trinajstić information content (AvgIpc) is 2.40. The number of alkyl halides is 1. The van der Waals surface area contributed by atoms with E-state index >= 15 is 0 Å². The minimum Gasteiger partial charge on any atom is -0.352 e. The second-order valence-electron chi connectivity index (χ2n) is 4.25. The molecule has 2 amide bonds.